The molecule has 6 heteroatoms. The first-order valence-electron chi connectivity index (χ1n) is 7.31. The number of anilines is 1. The van der Waals surface area contributed by atoms with E-state index in [1.165, 1.54) is 18.2 Å². The predicted octanol–water partition coefficient (Wildman–Crippen LogP) is 2.92. The fourth-order valence-corrected chi connectivity index (χ4v) is 2.56. The van der Waals surface area contributed by atoms with Crippen LogP contribution in [-0.2, 0) is 0 Å². The van der Waals surface area contributed by atoms with Crippen molar-refractivity contribution in [1.82, 2.24) is 0 Å². The lowest BCUT2D eigenvalue weighted by Crippen LogP contribution is -2.29. The third kappa shape index (κ3) is 3.32. The number of rotatable bonds is 7. The van der Waals surface area contributed by atoms with Gasteiger partial charge in [-0.2, -0.15) is 0 Å². The molecule has 1 N–H and O–H groups in total. The maximum absolute atomic E-state index is 11.2. The fraction of sp³-hybridized carbons (Fsp3) is 0.533. The van der Waals surface area contributed by atoms with Gasteiger partial charge < -0.3 is 10.0 Å². The average Bonchev–Trinajstić information content (AvgIpc) is 3.32. The van der Waals surface area contributed by atoms with Crippen molar-refractivity contribution in [2.45, 2.75) is 25.7 Å². The average molecular weight is 290 g/mol. The number of carbonyl (C=O) groups is 1. The quantitative estimate of drug-likeness (QED) is 0.616. The number of hydrogen-bond donors (Lipinski definition) is 1. The van der Waals surface area contributed by atoms with Crippen LogP contribution in [0.4, 0.5) is 11.4 Å². The lowest BCUT2D eigenvalue weighted by atomic mass is 10.1. The number of hydrogen-bond acceptors (Lipinski definition) is 4. The molecule has 3 rings (SSSR count). The summed E-state index contributed by atoms with van der Waals surface area (Å²) in [5.74, 6) is 0.137. The first-order chi connectivity index (χ1) is 10.0. The Morgan fingerprint density at radius 2 is 1.81 bits per heavy atom. The summed E-state index contributed by atoms with van der Waals surface area (Å²) in [5.41, 5.74) is 0.562. The first kappa shape index (κ1) is 13.9. The molecule has 1 aromatic carbocycles. The summed E-state index contributed by atoms with van der Waals surface area (Å²) >= 11 is 0. The summed E-state index contributed by atoms with van der Waals surface area (Å²) in [7, 11) is 0. The fourth-order valence-electron chi connectivity index (χ4n) is 2.56. The summed E-state index contributed by atoms with van der Waals surface area (Å²) in [4.78, 5) is 24.0. The van der Waals surface area contributed by atoms with Gasteiger partial charge in [-0.1, -0.05) is 0 Å². The molecule has 112 valence electrons. The van der Waals surface area contributed by atoms with Crippen molar-refractivity contribution in [3.8, 4) is 0 Å². The van der Waals surface area contributed by atoms with Crippen molar-refractivity contribution in [1.29, 1.82) is 0 Å². The van der Waals surface area contributed by atoms with Crippen LogP contribution in [0.3, 0.4) is 0 Å². The molecule has 0 atom stereocenters. The normalized spacial score (nSPS) is 17.5. The standard InChI is InChI=1S/C15H18N2O4/c18-15(19)12-5-6-13(17(20)21)14(7-12)16(8-10-1-2-10)9-11-3-4-11/h5-7,10-11H,1-4,8-9H2,(H,18,19). The van der Waals surface area contributed by atoms with Crippen molar-refractivity contribution in [2.75, 3.05) is 18.0 Å². The minimum Gasteiger partial charge on any atom is -0.478 e. The number of aromatic carboxylic acids is 1. The van der Waals surface area contributed by atoms with E-state index >= 15 is 0 Å². The summed E-state index contributed by atoms with van der Waals surface area (Å²) in [6.45, 7) is 1.58. The highest BCUT2D eigenvalue weighted by molar-refractivity contribution is 5.90. The summed E-state index contributed by atoms with van der Waals surface area (Å²) in [6, 6.07) is 4.06. The number of nitro groups is 1. The highest BCUT2D eigenvalue weighted by Crippen LogP contribution is 2.38. The molecule has 2 saturated carbocycles. The molecule has 0 bridgehead atoms. The maximum atomic E-state index is 11.2. The predicted molar refractivity (Wildman–Crippen MR) is 77.7 cm³/mol. The second-order valence-electron chi connectivity index (χ2n) is 6.06. The molecular formula is C15H18N2O4. The van der Waals surface area contributed by atoms with Gasteiger partial charge in [0.2, 0.25) is 0 Å². The van der Waals surface area contributed by atoms with E-state index in [1.807, 2.05) is 4.90 Å². The number of benzene rings is 1. The second kappa shape index (κ2) is 5.35. The van der Waals surface area contributed by atoms with Crippen molar-refractivity contribution in [3.63, 3.8) is 0 Å². The van der Waals surface area contributed by atoms with Crippen LogP contribution < -0.4 is 4.90 Å². The van der Waals surface area contributed by atoms with Crippen LogP contribution in [0.1, 0.15) is 36.0 Å². The Balaban J connectivity index is 1.94. The lowest BCUT2D eigenvalue weighted by molar-refractivity contribution is -0.384. The Morgan fingerprint density at radius 3 is 2.24 bits per heavy atom. The molecular weight excluding hydrogens is 272 g/mol. The van der Waals surface area contributed by atoms with E-state index in [1.54, 1.807) is 0 Å². The molecule has 0 amide bonds. The molecule has 2 fully saturated rings. The third-order valence-corrected chi connectivity index (χ3v) is 4.11. The Hall–Kier alpha value is -2.11. The Bertz CT molecular complexity index is 565. The van der Waals surface area contributed by atoms with Gasteiger partial charge in [0, 0.05) is 19.2 Å². The van der Waals surface area contributed by atoms with Gasteiger partial charge in [-0.25, -0.2) is 4.79 Å². The van der Waals surface area contributed by atoms with Crippen LogP contribution in [0.25, 0.3) is 0 Å². The molecule has 0 spiro atoms. The molecule has 21 heavy (non-hydrogen) atoms. The van der Waals surface area contributed by atoms with Crippen molar-refractivity contribution >= 4 is 17.3 Å². The first-order valence-corrected chi connectivity index (χ1v) is 7.31. The lowest BCUT2D eigenvalue weighted by Gasteiger charge is -2.24. The second-order valence-corrected chi connectivity index (χ2v) is 6.06. The van der Waals surface area contributed by atoms with E-state index in [-0.39, 0.29) is 11.3 Å². The van der Waals surface area contributed by atoms with Gasteiger partial charge in [0.25, 0.3) is 5.69 Å². The summed E-state index contributed by atoms with van der Waals surface area (Å²) in [5, 5.41) is 20.4. The van der Waals surface area contributed by atoms with Gasteiger partial charge in [0.15, 0.2) is 0 Å². The zero-order chi connectivity index (χ0) is 15.0. The van der Waals surface area contributed by atoms with Gasteiger partial charge in [0.05, 0.1) is 10.5 Å². The van der Waals surface area contributed by atoms with Gasteiger partial charge in [-0.15, -0.1) is 0 Å². The largest absolute Gasteiger partial charge is 0.478 e. The molecule has 0 aliphatic heterocycles. The molecule has 2 aliphatic carbocycles. The van der Waals surface area contributed by atoms with Gasteiger partial charge in [0.1, 0.15) is 5.69 Å². The Labute approximate surface area is 122 Å². The van der Waals surface area contributed by atoms with Crippen molar-refractivity contribution in [3.05, 3.63) is 33.9 Å². The van der Waals surface area contributed by atoms with E-state index in [9.17, 15) is 14.9 Å². The zero-order valence-corrected chi connectivity index (χ0v) is 11.7. The molecule has 0 radical (unpaired) electrons. The third-order valence-electron chi connectivity index (χ3n) is 4.11. The number of nitrogens with zero attached hydrogens (tertiary/aromatic N) is 2. The van der Waals surface area contributed by atoms with E-state index in [2.05, 4.69) is 0 Å². The monoisotopic (exact) mass is 290 g/mol. The van der Waals surface area contributed by atoms with Crippen LogP contribution in [0, 0.1) is 22.0 Å². The zero-order valence-electron chi connectivity index (χ0n) is 11.7. The van der Waals surface area contributed by atoms with Crippen molar-refractivity contribution in [2.24, 2.45) is 11.8 Å². The minimum absolute atomic E-state index is 0.00120. The molecule has 1 aromatic rings. The van der Waals surface area contributed by atoms with Crippen LogP contribution in [0.15, 0.2) is 18.2 Å². The number of nitro benzene ring substituents is 1. The number of carboxylic acid groups (broad SMARTS) is 1. The van der Waals surface area contributed by atoms with Gasteiger partial charge >= 0.3 is 5.97 Å². The summed E-state index contributed by atoms with van der Waals surface area (Å²) in [6.07, 6.45) is 4.64. The highest BCUT2D eigenvalue weighted by atomic mass is 16.6. The minimum atomic E-state index is -1.05. The van der Waals surface area contributed by atoms with Crippen molar-refractivity contribution < 1.29 is 14.8 Å². The topological polar surface area (TPSA) is 83.7 Å². The molecule has 0 unspecified atom stereocenters. The molecule has 0 heterocycles. The van der Waals surface area contributed by atoms with E-state index in [0.717, 1.165) is 38.8 Å². The molecule has 6 nitrogen and oxygen atoms in total. The van der Waals surface area contributed by atoms with Crippen LogP contribution in [0.2, 0.25) is 0 Å². The van der Waals surface area contributed by atoms with E-state index in [0.29, 0.717) is 17.5 Å². The molecule has 0 saturated heterocycles. The Morgan fingerprint density at radius 1 is 1.24 bits per heavy atom. The maximum Gasteiger partial charge on any atom is 0.335 e. The van der Waals surface area contributed by atoms with Crippen LogP contribution in [0.5, 0.6) is 0 Å². The van der Waals surface area contributed by atoms with E-state index < -0.39 is 10.9 Å². The van der Waals surface area contributed by atoms with Gasteiger partial charge in [-0.05, 0) is 49.7 Å². The molecule has 2 aliphatic rings. The Kier molecular flexibility index (Phi) is 3.53. The SMILES string of the molecule is O=C(O)c1ccc([N+](=O)[O-])c(N(CC2CC2)CC2CC2)c1. The highest BCUT2D eigenvalue weighted by Gasteiger charge is 2.32. The van der Waals surface area contributed by atoms with Crippen LogP contribution in [-0.4, -0.2) is 29.1 Å². The smallest absolute Gasteiger partial charge is 0.335 e. The number of carboxylic acids is 1. The molecule has 0 aromatic heterocycles. The van der Waals surface area contributed by atoms with E-state index in [4.69, 9.17) is 5.11 Å². The van der Waals surface area contributed by atoms with Crippen LogP contribution >= 0.6 is 0 Å². The summed E-state index contributed by atoms with van der Waals surface area (Å²) < 4.78 is 0. The van der Waals surface area contributed by atoms with Gasteiger partial charge in [-0.3, -0.25) is 10.1 Å².